The molecule has 0 amide bonds. The van der Waals surface area contributed by atoms with E-state index < -0.39 is 29.5 Å². The molecule has 1 heterocycles. The van der Waals surface area contributed by atoms with Gasteiger partial charge in [-0.25, -0.2) is 14.2 Å². The van der Waals surface area contributed by atoms with Crippen molar-refractivity contribution in [1.82, 2.24) is 10.3 Å². The second kappa shape index (κ2) is 15.4. The number of ether oxygens (including phenoxy) is 1. The highest BCUT2D eigenvalue weighted by Crippen LogP contribution is 2.29. The van der Waals surface area contributed by atoms with E-state index in [1.807, 2.05) is 6.92 Å². The summed E-state index contributed by atoms with van der Waals surface area (Å²) in [4.78, 5) is 29.2. The Balaban J connectivity index is 1.30. The van der Waals surface area contributed by atoms with Crippen molar-refractivity contribution < 1.29 is 41.4 Å². The molecule has 1 aromatic heterocycles. The number of aromatic nitrogens is 1. The molecule has 3 aromatic carbocycles. The number of oxazole rings is 1. The van der Waals surface area contributed by atoms with Gasteiger partial charge >= 0.3 is 12.1 Å². The maximum Gasteiger partial charge on any atom is 0.416 e. The monoisotopic (exact) mass is 638 g/mol. The molecule has 7 nitrogen and oxygen atoms in total. The fraction of sp³-hybridized carbons (Fsp3) is 0.286. The summed E-state index contributed by atoms with van der Waals surface area (Å²) in [5, 5.41) is 12.7. The van der Waals surface area contributed by atoms with Gasteiger partial charge in [-0.05, 0) is 73.4 Å². The molecule has 0 saturated heterocycles. The zero-order valence-corrected chi connectivity index (χ0v) is 25.4. The predicted octanol–water partition coefficient (Wildman–Crippen LogP) is 7.84. The first-order valence-corrected chi connectivity index (χ1v) is 14.8. The summed E-state index contributed by atoms with van der Waals surface area (Å²) in [7, 11) is 0. The van der Waals surface area contributed by atoms with E-state index in [9.17, 15) is 32.3 Å². The number of hydrogen-bond donors (Lipinski definition) is 2. The Kier molecular flexibility index (Phi) is 11.3. The lowest BCUT2D eigenvalue weighted by Gasteiger charge is -2.18. The molecule has 0 fully saturated rings. The molecule has 46 heavy (non-hydrogen) atoms. The lowest BCUT2D eigenvalue weighted by molar-refractivity contribution is -0.139. The predicted molar refractivity (Wildman–Crippen MR) is 164 cm³/mol. The first kappa shape index (κ1) is 34.0. The largest absolute Gasteiger partial charge is 0.494 e. The number of allylic oxidation sites excluding steroid dienone is 2. The molecule has 1 atom stereocenters. The number of alkyl halides is 3. The lowest BCUT2D eigenvalue weighted by atomic mass is 10.0. The minimum absolute atomic E-state index is 0.0600. The summed E-state index contributed by atoms with van der Waals surface area (Å²) in [6.45, 7) is 4.13. The SMILES string of the molecule is CCC(=CC(=O)c1ccc(C(F)(F)F)cc1)N[C@@H](Cc1ccc(OCCCc2nc(-c3ccc(F)cc3)oc2CC)cc1)C(=O)O. The van der Waals surface area contributed by atoms with E-state index in [2.05, 4.69) is 10.3 Å². The number of nitrogens with zero attached hydrogens (tertiary/aromatic N) is 1. The standard InChI is InChI=1S/C35H34F4N2O5/c1-3-27(21-31(42)23-9-13-25(14-10-23)35(37,38)39)40-30(34(43)44)20-22-7-17-28(18-8-22)45-19-5-6-29-32(4-2)46-33(41-29)24-11-15-26(36)16-12-24/h7-18,21,30,40H,3-6,19-20H2,1-2H3,(H,43,44)/t30-/m0/s1. The molecule has 0 aliphatic heterocycles. The Labute approximate surface area is 263 Å². The summed E-state index contributed by atoms with van der Waals surface area (Å²) in [5.41, 5.74) is 1.80. The fourth-order valence-electron chi connectivity index (χ4n) is 4.69. The van der Waals surface area contributed by atoms with E-state index in [0.717, 1.165) is 41.3 Å². The van der Waals surface area contributed by atoms with E-state index >= 15 is 0 Å². The third kappa shape index (κ3) is 9.29. The number of aliphatic carboxylic acids is 1. The summed E-state index contributed by atoms with van der Waals surface area (Å²) in [6, 6.07) is 15.8. The molecule has 0 spiro atoms. The van der Waals surface area contributed by atoms with Crippen LogP contribution in [0.5, 0.6) is 5.75 Å². The maximum absolute atomic E-state index is 13.3. The number of carbonyl (C=O) groups is 2. The van der Waals surface area contributed by atoms with Gasteiger partial charge in [0.05, 0.1) is 17.9 Å². The topological polar surface area (TPSA) is 102 Å². The molecular formula is C35H34F4N2O5. The Morgan fingerprint density at radius 1 is 1.00 bits per heavy atom. The van der Waals surface area contributed by atoms with Crippen LogP contribution in [0.2, 0.25) is 0 Å². The molecular weight excluding hydrogens is 604 g/mol. The number of hydrogen-bond acceptors (Lipinski definition) is 6. The zero-order chi connectivity index (χ0) is 33.3. The van der Waals surface area contributed by atoms with E-state index in [1.165, 1.54) is 18.2 Å². The van der Waals surface area contributed by atoms with Crippen LogP contribution in [0.4, 0.5) is 17.6 Å². The van der Waals surface area contributed by atoms with Crippen molar-refractivity contribution in [1.29, 1.82) is 0 Å². The smallest absolute Gasteiger partial charge is 0.416 e. The third-order valence-electron chi connectivity index (χ3n) is 7.22. The highest BCUT2D eigenvalue weighted by molar-refractivity contribution is 6.04. The zero-order valence-electron chi connectivity index (χ0n) is 25.4. The molecule has 4 rings (SSSR count). The molecule has 0 aliphatic carbocycles. The van der Waals surface area contributed by atoms with Crippen LogP contribution >= 0.6 is 0 Å². The van der Waals surface area contributed by atoms with Crippen LogP contribution in [0, 0.1) is 5.82 Å². The molecule has 4 aromatic rings. The van der Waals surface area contributed by atoms with Crippen LogP contribution in [0.1, 0.15) is 59.6 Å². The first-order chi connectivity index (χ1) is 22.0. The molecule has 0 saturated carbocycles. The molecule has 2 N–H and O–H groups in total. The van der Waals surface area contributed by atoms with Gasteiger partial charge in [-0.1, -0.05) is 38.1 Å². The van der Waals surface area contributed by atoms with Crippen molar-refractivity contribution in [3.05, 3.63) is 119 Å². The molecule has 11 heteroatoms. The number of aryl methyl sites for hydroxylation is 2. The van der Waals surface area contributed by atoms with Crippen LogP contribution < -0.4 is 10.1 Å². The van der Waals surface area contributed by atoms with Crippen molar-refractivity contribution in [2.45, 2.75) is 58.2 Å². The van der Waals surface area contributed by atoms with Crippen LogP contribution in [-0.2, 0) is 30.2 Å². The maximum atomic E-state index is 13.3. The summed E-state index contributed by atoms with van der Waals surface area (Å²) in [5.74, 6) is -0.152. The number of nitrogens with one attached hydrogen (secondary N) is 1. The van der Waals surface area contributed by atoms with Gasteiger partial charge < -0.3 is 19.6 Å². The first-order valence-electron chi connectivity index (χ1n) is 14.8. The Morgan fingerprint density at radius 2 is 1.67 bits per heavy atom. The number of halogens is 4. The quantitative estimate of drug-likeness (QED) is 0.0592. The summed E-state index contributed by atoms with van der Waals surface area (Å²) in [6.07, 6.45) is -0.902. The molecule has 0 unspecified atom stereocenters. The Bertz CT molecular complexity index is 1640. The van der Waals surface area contributed by atoms with Gasteiger partial charge in [0.1, 0.15) is 23.4 Å². The Hall–Kier alpha value is -4.93. The minimum Gasteiger partial charge on any atom is -0.494 e. The van der Waals surface area contributed by atoms with Crippen LogP contribution in [0.25, 0.3) is 11.5 Å². The minimum atomic E-state index is -4.51. The Morgan fingerprint density at radius 3 is 2.26 bits per heavy atom. The average Bonchev–Trinajstić information content (AvgIpc) is 3.46. The number of carboxylic acid groups (broad SMARTS) is 1. The van der Waals surface area contributed by atoms with Crippen LogP contribution in [0.15, 0.2) is 89.0 Å². The molecule has 0 aliphatic rings. The van der Waals surface area contributed by atoms with Gasteiger partial charge in [-0.3, -0.25) is 4.79 Å². The van der Waals surface area contributed by atoms with Crippen molar-refractivity contribution >= 4 is 11.8 Å². The second-order valence-electron chi connectivity index (χ2n) is 10.5. The number of benzene rings is 3. The number of ketones is 1. The third-order valence-corrected chi connectivity index (χ3v) is 7.22. The average molecular weight is 639 g/mol. The van der Waals surface area contributed by atoms with Gasteiger partial charge in [0.15, 0.2) is 5.78 Å². The molecule has 0 radical (unpaired) electrons. The van der Waals surface area contributed by atoms with E-state index in [1.54, 1.807) is 43.3 Å². The van der Waals surface area contributed by atoms with Crippen molar-refractivity contribution in [2.75, 3.05) is 6.61 Å². The molecule has 242 valence electrons. The van der Waals surface area contributed by atoms with Gasteiger partial charge in [-0.15, -0.1) is 0 Å². The van der Waals surface area contributed by atoms with Gasteiger partial charge in [0, 0.05) is 35.7 Å². The fourth-order valence-corrected chi connectivity index (χ4v) is 4.69. The summed E-state index contributed by atoms with van der Waals surface area (Å²) < 4.78 is 63.5. The highest BCUT2D eigenvalue weighted by atomic mass is 19.4. The van der Waals surface area contributed by atoms with Crippen LogP contribution in [0.3, 0.4) is 0 Å². The van der Waals surface area contributed by atoms with E-state index in [4.69, 9.17) is 9.15 Å². The van der Waals surface area contributed by atoms with E-state index in [0.29, 0.717) is 55.2 Å². The van der Waals surface area contributed by atoms with Crippen molar-refractivity contribution in [3.63, 3.8) is 0 Å². The van der Waals surface area contributed by atoms with Crippen molar-refractivity contribution in [2.24, 2.45) is 0 Å². The van der Waals surface area contributed by atoms with Crippen molar-refractivity contribution in [3.8, 4) is 17.2 Å². The normalized spacial score (nSPS) is 12.5. The highest BCUT2D eigenvalue weighted by Gasteiger charge is 2.30. The number of carboxylic acids is 1. The lowest BCUT2D eigenvalue weighted by Crippen LogP contribution is -2.38. The number of rotatable bonds is 15. The van der Waals surface area contributed by atoms with Gasteiger partial charge in [-0.2, -0.15) is 13.2 Å². The van der Waals surface area contributed by atoms with Crippen LogP contribution in [-0.4, -0.2) is 34.5 Å². The number of carbonyl (C=O) groups excluding carboxylic acids is 1. The van der Waals surface area contributed by atoms with E-state index in [-0.39, 0.29) is 17.8 Å². The van der Waals surface area contributed by atoms with Gasteiger partial charge in [0.2, 0.25) is 5.89 Å². The van der Waals surface area contributed by atoms with Gasteiger partial charge in [0.25, 0.3) is 0 Å². The molecule has 0 bridgehead atoms. The summed E-state index contributed by atoms with van der Waals surface area (Å²) >= 11 is 0. The second-order valence-corrected chi connectivity index (χ2v) is 10.5.